The number of anilines is 1. The van der Waals surface area contributed by atoms with Gasteiger partial charge in [-0.15, -0.1) is 6.42 Å². The SMILES string of the molecule is C#Cc1cccc2cc(O)cc(-c3ncc4c(N5[C@@H]6CC[C@H]5CNC6)nc(OC[C@@]56CCCN5C[C@H](F)C6)nc4c3F)c12. The van der Waals surface area contributed by atoms with Gasteiger partial charge < -0.3 is 20.1 Å². The number of hydrogen-bond acceptors (Lipinski definition) is 8. The number of aromatic nitrogens is 3. The number of aromatic hydroxyl groups is 1. The minimum Gasteiger partial charge on any atom is -0.508 e. The summed E-state index contributed by atoms with van der Waals surface area (Å²) in [5.41, 5.74) is 0.690. The molecule has 4 atom stereocenters. The molecule has 2 aromatic heterocycles. The summed E-state index contributed by atoms with van der Waals surface area (Å²) >= 11 is 0. The van der Waals surface area contributed by atoms with Crippen molar-refractivity contribution < 1.29 is 18.6 Å². The number of hydrogen-bond donors (Lipinski definition) is 2. The van der Waals surface area contributed by atoms with E-state index in [4.69, 9.17) is 16.1 Å². The van der Waals surface area contributed by atoms with E-state index in [1.165, 1.54) is 6.07 Å². The Bertz CT molecular complexity index is 1790. The zero-order valence-corrected chi connectivity index (χ0v) is 23.7. The highest BCUT2D eigenvalue weighted by molar-refractivity contribution is 6.02. The summed E-state index contributed by atoms with van der Waals surface area (Å²) in [5.74, 6) is 2.62. The molecule has 4 fully saturated rings. The second kappa shape index (κ2) is 10.00. The Balaban J connectivity index is 1.29. The number of alkyl halides is 1. The van der Waals surface area contributed by atoms with Gasteiger partial charge in [0, 0.05) is 60.8 Å². The van der Waals surface area contributed by atoms with Crippen LogP contribution in [0.2, 0.25) is 0 Å². The third-order valence-corrected chi connectivity index (χ3v) is 9.87. The summed E-state index contributed by atoms with van der Waals surface area (Å²) in [6, 6.07) is 8.99. The molecule has 4 saturated heterocycles. The van der Waals surface area contributed by atoms with E-state index in [1.807, 2.05) is 6.07 Å². The van der Waals surface area contributed by atoms with Crippen LogP contribution in [0.3, 0.4) is 0 Å². The van der Waals surface area contributed by atoms with Crippen LogP contribution in [0.5, 0.6) is 11.8 Å². The van der Waals surface area contributed by atoms with Gasteiger partial charge >= 0.3 is 6.01 Å². The summed E-state index contributed by atoms with van der Waals surface area (Å²) in [6.07, 6.45) is 10.8. The quantitative estimate of drug-likeness (QED) is 0.331. The van der Waals surface area contributed by atoms with E-state index in [0.717, 1.165) is 45.3 Å². The molecule has 8 nitrogen and oxygen atoms in total. The van der Waals surface area contributed by atoms with Gasteiger partial charge in [-0.2, -0.15) is 9.97 Å². The molecule has 4 aromatic rings. The number of piperazine rings is 1. The first-order valence-corrected chi connectivity index (χ1v) is 15.0. The lowest BCUT2D eigenvalue weighted by Gasteiger charge is -2.37. The van der Waals surface area contributed by atoms with Crippen molar-refractivity contribution in [1.29, 1.82) is 0 Å². The molecular weight excluding hydrogens is 550 g/mol. The third-order valence-electron chi connectivity index (χ3n) is 9.87. The summed E-state index contributed by atoms with van der Waals surface area (Å²) in [5, 5.41) is 15.8. The number of phenols is 1. The Morgan fingerprint density at radius 2 is 2.02 bits per heavy atom. The fraction of sp³-hybridized carbons (Fsp3) is 0.424. The van der Waals surface area contributed by atoms with Crippen LogP contribution < -0.4 is 15.0 Å². The zero-order chi connectivity index (χ0) is 29.3. The molecule has 2 bridgehead atoms. The molecule has 0 spiro atoms. The summed E-state index contributed by atoms with van der Waals surface area (Å²) in [7, 11) is 0. The number of halogens is 2. The number of ether oxygens (including phenoxy) is 1. The van der Waals surface area contributed by atoms with E-state index >= 15 is 4.39 Å². The van der Waals surface area contributed by atoms with Gasteiger partial charge in [0.2, 0.25) is 0 Å². The maximum atomic E-state index is 16.8. The van der Waals surface area contributed by atoms with Crippen molar-refractivity contribution in [3.63, 3.8) is 0 Å². The molecule has 0 saturated carbocycles. The Morgan fingerprint density at radius 3 is 2.84 bits per heavy atom. The highest BCUT2D eigenvalue weighted by atomic mass is 19.1. The second-order valence-corrected chi connectivity index (χ2v) is 12.4. The van der Waals surface area contributed by atoms with Crippen LogP contribution in [0.25, 0.3) is 32.9 Å². The van der Waals surface area contributed by atoms with Gasteiger partial charge in [0.15, 0.2) is 5.82 Å². The molecule has 0 radical (unpaired) electrons. The minimum atomic E-state index is -0.885. The average molecular weight is 583 g/mol. The van der Waals surface area contributed by atoms with Crippen molar-refractivity contribution in [3.8, 4) is 35.4 Å². The summed E-state index contributed by atoms with van der Waals surface area (Å²) in [6.45, 7) is 3.13. The standard InChI is InChI=1S/C33H32F2N6O2/c1-2-19-5-3-6-20-11-24(42)12-25(27(19)20)29-28(35)30-26(16-37-29)31(41-22-7-8-23(41)15-36-14-22)39-32(38-30)43-18-33-9-4-10-40(33)17-21(34)13-33/h1,3,5-6,11-12,16,21-23,36,42H,4,7-10,13-15,17-18H2/t21-,22-,23+,33+/m1/s1. The smallest absolute Gasteiger partial charge is 0.319 e. The lowest BCUT2D eigenvalue weighted by Crippen LogP contribution is -2.52. The molecule has 0 aliphatic carbocycles. The van der Waals surface area contributed by atoms with Crippen molar-refractivity contribution in [2.24, 2.45) is 0 Å². The monoisotopic (exact) mass is 582 g/mol. The Morgan fingerprint density at radius 1 is 1.19 bits per heavy atom. The number of fused-ring (bicyclic) bond motifs is 5. The fourth-order valence-corrected chi connectivity index (χ4v) is 7.96. The molecule has 0 amide bonds. The lowest BCUT2D eigenvalue weighted by molar-refractivity contribution is 0.107. The van der Waals surface area contributed by atoms with Crippen LogP contribution in [-0.4, -0.2) is 81.5 Å². The van der Waals surface area contributed by atoms with E-state index < -0.39 is 12.0 Å². The predicted molar refractivity (Wildman–Crippen MR) is 161 cm³/mol. The number of rotatable bonds is 5. The molecule has 2 aromatic carbocycles. The number of phenolic OH excluding ortho intramolecular Hbond substituents is 1. The number of nitrogens with one attached hydrogen (secondary N) is 1. The molecule has 43 heavy (non-hydrogen) atoms. The highest BCUT2D eigenvalue weighted by Gasteiger charge is 2.49. The van der Waals surface area contributed by atoms with E-state index in [0.29, 0.717) is 46.1 Å². The maximum absolute atomic E-state index is 16.8. The van der Waals surface area contributed by atoms with E-state index in [-0.39, 0.29) is 47.2 Å². The molecule has 0 unspecified atom stereocenters. The number of terminal acetylenes is 1. The van der Waals surface area contributed by atoms with Crippen LogP contribution in [0.1, 0.15) is 37.7 Å². The first-order chi connectivity index (χ1) is 20.9. The Labute approximate surface area is 248 Å². The highest BCUT2D eigenvalue weighted by Crippen LogP contribution is 2.42. The van der Waals surface area contributed by atoms with Gasteiger partial charge in [0.25, 0.3) is 0 Å². The molecule has 4 aliphatic heterocycles. The van der Waals surface area contributed by atoms with Gasteiger partial charge in [0.05, 0.1) is 10.9 Å². The first-order valence-electron chi connectivity index (χ1n) is 15.0. The van der Waals surface area contributed by atoms with Crippen LogP contribution in [-0.2, 0) is 0 Å². The third kappa shape index (κ3) is 4.20. The normalized spacial score (nSPS) is 26.7. The summed E-state index contributed by atoms with van der Waals surface area (Å²) < 4.78 is 37.5. The van der Waals surface area contributed by atoms with Crippen LogP contribution in [0.15, 0.2) is 36.5 Å². The van der Waals surface area contributed by atoms with Crippen molar-refractivity contribution in [2.45, 2.75) is 55.9 Å². The van der Waals surface area contributed by atoms with Crippen LogP contribution >= 0.6 is 0 Å². The largest absolute Gasteiger partial charge is 0.508 e. The number of nitrogens with zero attached hydrogens (tertiary/aromatic N) is 5. The predicted octanol–water partition coefficient (Wildman–Crippen LogP) is 4.57. The van der Waals surface area contributed by atoms with Gasteiger partial charge in [-0.25, -0.2) is 8.78 Å². The topological polar surface area (TPSA) is 86.6 Å². The van der Waals surface area contributed by atoms with E-state index in [9.17, 15) is 9.50 Å². The Kier molecular flexibility index (Phi) is 6.17. The van der Waals surface area contributed by atoms with Gasteiger partial charge in [-0.1, -0.05) is 18.1 Å². The Hall–Kier alpha value is -4.07. The fourth-order valence-electron chi connectivity index (χ4n) is 7.96. The molecule has 2 N–H and O–H groups in total. The van der Waals surface area contributed by atoms with Crippen molar-refractivity contribution in [3.05, 3.63) is 47.9 Å². The maximum Gasteiger partial charge on any atom is 0.319 e. The van der Waals surface area contributed by atoms with Gasteiger partial charge in [-0.3, -0.25) is 9.88 Å². The second-order valence-electron chi connectivity index (χ2n) is 12.4. The van der Waals surface area contributed by atoms with Crippen molar-refractivity contribution in [2.75, 3.05) is 37.7 Å². The van der Waals surface area contributed by atoms with Gasteiger partial charge in [-0.05, 0) is 55.8 Å². The molecule has 6 heterocycles. The van der Waals surface area contributed by atoms with Crippen molar-refractivity contribution in [1.82, 2.24) is 25.2 Å². The molecule has 220 valence electrons. The van der Waals surface area contributed by atoms with E-state index in [2.05, 4.69) is 31.0 Å². The van der Waals surface area contributed by atoms with Crippen LogP contribution in [0.4, 0.5) is 14.6 Å². The number of pyridine rings is 1. The summed E-state index contributed by atoms with van der Waals surface area (Å²) in [4.78, 5) is 18.5. The van der Waals surface area contributed by atoms with Gasteiger partial charge in [0.1, 0.15) is 35.6 Å². The van der Waals surface area contributed by atoms with Crippen LogP contribution in [0, 0.1) is 18.2 Å². The lowest BCUT2D eigenvalue weighted by atomic mass is 9.95. The molecule has 4 aliphatic rings. The molecule has 8 rings (SSSR count). The first kappa shape index (κ1) is 26.5. The molecule has 10 heteroatoms. The van der Waals surface area contributed by atoms with E-state index in [1.54, 1.807) is 24.4 Å². The average Bonchev–Trinajstić information content (AvgIpc) is 3.61. The number of benzene rings is 2. The molecular formula is C33H32F2N6O2. The van der Waals surface area contributed by atoms with Crippen molar-refractivity contribution >= 4 is 27.5 Å². The zero-order valence-electron chi connectivity index (χ0n) is 23.7. The minimum absolute atomic E-state index is 0.0223.